The molecule has 0 heterocycles. The van der Waals surface area contributed by atoms with Gasteiger partial charge in [0.15, 0.2) is 0 Å². The Labute approximate surface area is 84.0 Å². The summed E-state index contributed by atoms with van der Waals surface area (Å²) in [5.41, 5.74) is 2.19. The van der Waals surface area contributed by atoms with Crippen LogP contribution in [-0.4, -0.2) is 0 Å². The molecule has 1 atom stereocenters. The van der Waals surface area contributed by atoms with Crippen LogP contribution in [0.2, 0.25) is 5.02 Å². The van der Waals surface area contributed by atoms with Crippen molar-refractivity contribution in [3.63, 3.8) is 0 Å². The standard InChI is InChI=1S/C11H12ClN/c1-3-9-4-10(8(2)7-13)6-11(12)5-9/h4-6,8H,3H2,1-2H3. The first-order chi connectivity index (χ1) is 6.17. The monoisotopic (exact) mass is 193 g/mol. The maximum atomic E-state index is 8.75. The minimum Gasteiger partial charge on any atom is -0.198 e. The lowest BCUT2D eigenvalue weighted by Gasteiger charge is -2.06. The van der Waals surface area contributed by atoms with E-state index in [0.29, 0.717) is 0 Å². The van der Waals surface area contributed by atoms with E-state index in [4.69, 9.17) is 16.9 Å². The molecule has 1 aromatic rings. The molecule has 0 aromatic heterocycles. The molecule has 0 aliphatic rings. The lowest BCUT2D eigenvalue weighted by molar-refractivity contribution is 0.971. The molecular weight excluding hydrogens is 182 g/mol. The number of nitriles is 1. The first-order valence-electron chi connectivity index (χ1n) is 4.36. The second-order valence-corrected chi connectivity index (χ2v) is 3.53. The molecule has 0 fully saturated rings. The maximum absolute atomic E-state index is 8.75. The Morgan fingerprint density at radius 1 is 1.46 bits per heavy atom. The summed E-state index contributed by atoms with van der Waals surface area (Å²) in [7, 11) is 0. The highest BCUT2D eigenvalue weighted by molar-refractivity contribution is 6.30. The van der Waals surface area contributed by atoms with Crippen LogP contribution in [0.3, 0.4) is 0 Å². The van der Waals surface area contributed by atoms with Crippen molar-refractivity contribution in [2.24, 2.45) is 0 Å². The summed E-state index contributed by atoms with van der Waals surface area (Å²) >= 11 is 5.92. The van der Waals surface area contributed by atoms with E-state index in [-0.39, 0.29) is 5.92 Å². The van der Waals surface area contributed by atoms with Crippen molar-refractivity contribution in [2.75, 3.05) is 0 Å². The third-order valence-electron chi connectivity index (χ3n) is 2.08. The van der Waals surface area contributed by atoms with Gasteiger partial charge in [0.05, 0.1) is 12.0 Å². The number of benzene rings is 1. The predicted molar refractivity (Wildman–Crippen MR) is 54.9 cm³/mol. The van der Waals surface area contributed by atoms with Gasteiger partial charge in [0.2, 0.25) is 0 Å². The minimum absolute atomic E-state index is 0.0796. The van der Waals surface area contributed by atoms with Crippen molar-refractivity contribution >= 4 is 11.6 Å². The summed E-state index contributed by atoms with van der Waals surface area (Å²) in [6, 6.07) is 8.04. The van der Waals surface area contributed by atoms with Gasteiger partial charge in [-0.05, 0) is 36.6 Å². The van der Waals surface area contributed by atoms with Crippen LogP contribution in [0.25, 0.3) is 0 Å². The Morgan fingerprint density at radius 3 is 2.69 bits per heavy atom. The van der Waals surface area contributed by atoms with E-state index in [1.807, 2.05) is 25.1 Å². The second-order valence-electron chi connectivity index (χ2n) is 3.10. The summed E-state index contributed by atoms with van der Waals surface area (Å²) < 4.78 is 0. The summed E-state index contributed by atoms with van der Waals surface area (Å²) in [5, 5.41) is 9.47. The van der Waals surface area contributed by atoms with Crippen molar-refractivity contribution in [3.8, 4) is 6.07 Å². The number of rotatable bonds is 2. The zero-order valence-electron chi connectivity index (χ0n) is 7.84. The van der Waals surface area contributed by atoms with E-state index in [9.17, 15) is 0 Å². The molecule has 13 heavy (non-hydrogen) atoms. The van der Waals surface area contributed by atoms with E-state index in [1.54, 1.807) is 0 Å². The highest BCUT2D eigenvalue weighted by atomic mass is 35.5. The van der Waals surface area contributed by atoms with E-state index < -0.39 is 0 Å². The molecular formula is C11H12ClN. The van der Waals surface area contributed by atoms with Gasteiger partial charge in [0.25, 0.3) is 0 Å². The van der Waals surface area contributed by atoms with Crippen molar-refractivity contribution < 1.29 is 0 Å². The van der Waals surface area contributed by atoms with Crippen LogP contribution in [-0.2, 0) is 6.42 Å². The van der Waals surface area contributed by atoms with Crippen LogP contribution in [0.5, 0.6) is 0 Å². The Morgan fingerprint density at radius 2 is 2.15 bits per heavy atom. The third kappa shape index (κ3) is 2.47. The molecule has 0 amide bonds. The number of hydrogen-bond acceptors (Lipinski definition) is 1. The Kier molecular flexibility index (Phi) is 3.33. The van der Waals surface area contributed by atoms with Gasteiger partial charge in [0.1, 0.15) is 0 Å². The van der Waals surface area contributed by atoms with Crippen LogP contribution < -0.4 is 0 Å². The molecule has 1 nitrogen and oxygen atoms in total. The number of hydrogen-bond donors (Lipinski definition) is 0. The molecule has 1 aromatic carbocycles. The summed E-state index contributed by atoms with van der Waals surface area (Å²) in [5.74, 6) is -0.0796. The molecule has 0 spiro atoms. The Hall–Kier alpha value is -1.00. The second kappa shape index (κ2) is 4.30. The molecule has 1 rings (SSSR count). The maximum Gasteiger partial charge on any atom is 0.0700 e. The quantitative estimate of drug-likeness (QED) is 0.705. The predicted octanol–water partition coefficient (Wildman–Crippen LogP) is 3.53. The molecule has 0 saturated carbocycles. The SMILES string of the molecule is CCc1cc(Cl)cc(C(C)C#N)c1. The fourth-order valence-electron chi connectivity index (χ4n) is 1.20. The molecule has 68 valence electrons. The average Bonchev–Trinajstić information content (AvgIpc) is 2.15. The first kappa shape index (κ1) is 10.1. The van der Waals surface area contributed by atoms with Gasteiger partial charge in [-0.2, -0.15) is 5.26 Å². The molecule has 0 aliphatic carbocycles. The highest BCUT2D eigenvalue weighted by Crippen LogP contribution is 2.21. The molecule has 1 unspecified atom stereocenters. The van der Waals surface area contributed by atoms with Crippen molar-refractivity contribution in [2.45, 2.75) is 26.2 Å². The topological polar surface area (TPSA) is 23.8 Å². The fraction of sp³-hybridized carbons (Fsp3) is 0.364. The van der Waals surface area contributed by atoms with Crippen molar-refractivity contribution in [3.05, 3.63) is 34.3 Å². The first-order valence-corrected chi connectivity index (χ1v) is 4.74. The van der Waals surface area contributed by atoms with Gasteiger partial charge >= 0.3 is 0 Å². The fourth-order valence-corrected chi connectivity index (χ4v) is 1.47. The smallest absolute Gasteiger partial charge is 0.0700 e. The van der Waals surface area contributed by atoms with Gasteiger partial charge in [0, 0.05) is 5.02 Å². The number of halogens is 1. The molecule has 2 heteroatoms. The Bertz CT molecular complexity index is 338. The summed E-state index contributed by atoms with van der Waals surface area (Å²) in [6.45, 7) is 3.96. The van der Waals surface area contributed by atoms with E-state index >= 15 is 0 Å². The van der Waals surface area contributed by atoms with Crippen molar-refractivity contribution in [1.29, 1.82) is 5.26 Å². The lowest BCUT2D eigenvalue weighted by atomic mass is 10.00. The zero-order valence-corrected chi connectivity index (χ0v) is 8.60. The summed E-state index contributed by atoms with van der Waals surface area (Å²) in [6.07, 6.45) is 0.950. The van der Waals surface area contributed by atoms with E-state index in [1.165, 1.54) is 5.56 Å². The highest BCUT2D eigenvalue weighted by Gasteiger charge is 2.05. The lowest BCUT2D eigenvalue weighted by Crippen LogP contribution is -1.91. The van der Waals surface area contributed by atoms with Gasteiger partial charge in [-0.1, -0.05) is 24.6 Å². The van der Waals surface area contributed by atoms with E-state index in [2.05, 4.69) is 13.0 Å². The van der Waals surface area contributed by atoms with Crippen LogP contribution in [0.4, 0.5) is 0 Å². The van der Waals surface area contributed by atoms with Gasteiger partial charge in [-0.15, -0.1) is 0 Å². The molecule has 0 bridgehead atoms. The molecule has 0 aliphatic heterocycles. The largest absolute Gasteiger partial charge is 0.198 e. The Balaban J connectivity index is 3.10. The van der Waals surface area contributed by atoms with E-state index in [0.717, 1.165) is 17.0 Å². The summed E-state index contributed by atoms with van der Waals surface area (Å²) in [4.78, 5) is 0. The van der Waals surface area contributed by atoms with Crippen LogP contribution in [0.15, 0.2) is 18.2 Å². The van der Waals surface area contributed by atoms with Gasteiger partial charge in [-0.25, -0.2) is 0 Å². The minimum atomic E-state index is -0.0796. The third-order valence-corrected chi connectivity index (χ3v) is 2.30. The molecule has 0 saturated heterocycles. The van der Waals surface area contributed by atoms with Crippen LogP contribution >= 0.6 is 11.6 Å². The van der Waals surface area contributed by atoms with Crippen molar-refractivity contribution in [1.82, 2.24) is 0 Å². The molecule has 0 N–H and O–H groups in total. The molecule has 0 radical (unpaired) electrons. The normalized spacial score (nSPS) is 12.2. The average molecular weight is 194 g/mol. The number of nitrogens with zero attached hydrogens (tertiary/aromatic N) is 1. The number of aryl methyl sites for hydroxylation is 1. The van der Waals surface area contributed by atoms with Crippen LogP contribution in [0, 0.1) is 11.3 Å². The van der Waals surface area contributed by atoms with Crippen LogP contribution in [0.1, 0.15) is 30.9 Å². The van der Waals surface area contributed by atoms with Gasteiger partial charge in [-0.3, -0.25) is 0 Å². The zero-order chi connectivity index (χ0) is 9.84. The van der Waals surface area contributed by atoms with Gasteiger partial charge < -0.3 is 0 Å².